The van der Waals surface area contributed by atoms with Gasteiger partial charge in [-0.25, -0.2) is 14.1 Å². The lowest BCUT2D eigenvalue weighted by Crippen LogP contribution is -2.24. The molecule has 0 saturated carbocycles. The minimum Gasteiger partial charge on any atom is -0.307 e. The van der Waals surface area contributed by atoms with Gasteiger partial charge >= 0.3 is 0 Å². The summed E-state index contributed by atoms with van der Waals surface area (Å²) in [5.74, 6) is -0.329. The van der Waals surface area contributed by atoms with Crippen LogP contribution in [0.25, 0.3) is 11.3 Å². The molecule has 0 aliphatic carbocycles. The third kappa shape index (κ3) is 3.10. The number of hydrogen-bond donors (Lipinski definition) is 2. The number of amides is 1. The number of nitrogens with one attached hydrogen (secondary N) is 2. The maximum absolute atomic E-state index is 13.9. The molecule has 0 fully saturated rings. The Labute approximate surface area is 131 Å². The lowest BCUT2D eigenvalue weighted by Gasteiger charge is -2.09. The van der Waals surface area contributed by atoms with E-state index in [0.717, 1.165) is 5.56 Å². The van der Waals surface area contributed by atoms with Crippen LogP contribution in [0.2, 0.25) is 0 Å². The Kier molecular flexibility index (Phi) is 3.88. The van der Waals surface area contributed by atoms with Crippen LogP contribution in [0.1, 0.15) is 18.5 Å². The summed E-state index contributed by atoms with van der Waals surface area (Å²) >= 11 is 0. The van der Waals surface area contributed by atoms with E-state index in [1.54, 1.807) is 25.1 Å². The van der Waals surface area contributed by atoms with Gasteiger partial charge < -0.3 is 5.32 Å². The number of aryl methyl sites for hydroxylation is 1. The Morgan fingerprint density at radius 1 is 1.39 bits per heavy atom. The first kappa shape index (κ1) is 14.9. The molecule has 1 atom stereocenters. The van der Waals surface area contributed by atoms with Crippen LogP contribution >= 0.6 is 0 Å². The van der Waals surface area contributed by atoms with Gasteiger partial charge in [0.15, 0.2) is 5.82 Å². The number of nitrogens with zero attached hydrogens (tertiary/aromatic N) is 4. The molecule has 118 valence electrons. The molecule has 2 N–H and O–H groups in total. The summed E-state index contributed by atoms with van der Waals surface area (Å²) in [4.78, 5) is 16.0. The van der Waals surface area contributed by atoms with E-state index in [2.05, 4.69) is 25.6 Å². The molecule has 3 rings (SSSR count). The summed E-state index contributed by atoms with van der Waals surface area (Å²) in [6.07, 6.45) is 2.82. The molecular weight excluding hydrogens is 299 g/mol. The van der Waals surface area contributed by atoms with Crippen LogP contribution in [-0.2, 0) is 4.79 Å². The van der Waals surface area contributed by atoms with Gasteiger partial charge in [0.1, 0.15) is 24.5 Å². The summed E-state index contributed by atoms with van der Waals surface area (Å²) in [6.45, 7) is 3.57. The smallest absolute Gasteiger partial charge is 0.250 e. The van der Waals surface area contributed by atoms with Gasteiger partial charge in [0.05, 0.1) is 5.69 Å². The summed E-state index contributed by atoms with van der Waals surface area (Å²) < 4.78 is 15.3. The van der Waals surface area contributed by atoms with E-state index < -0.39 is 6.04 Å². The van der Waals surface area contributed by atoms with Crippen molar-refractivity contribution < 1.29 is 9.18 Å². The summed E-state index contributed by atoms with van der Waals surface area (Å²) in [6, 6.07) is 5.86. The highest BCUT2D eigenvalue weighted by Gasteiger charge is 2.17. The first-order chi connectivity index (χ1) is 11.0. The molecule has 1 amide bonds. The fourth-order valence-corrected chi connectivity index (χ4v) is 2.14. The molecule has 2 aromatic heterocycles. The van der Waals surface area contributed by atoms with Gasteiger partial charge in [-0.1, -0.05) is 11.6 Å². The topological polar surface area (TPSA) is 88.5 Å². The van der Waals surface area contributed by atoms with Crippen LogP contribution in [0.5, 0.6) is 0 Å². The average Bonchev–Trinajstić information content (AvgIpc) is 3.20. The third-order valence-corrected chi connectivity index (χ3v) is 3.45. The van der Waals surface area contributed by atoms with Crippen LogP contribution < -0.4 is 5.32 Å². The standard InChI is InChI=1S/C15H15FN6O/c1-9-3-4-12(16)11(5-9)13-6-14(21-20-13)19-15(23)10(2)22-8-17-7-18-22/h3-8,10H,1-2H3,(H2,19,20,21,23). The van der Waals surface area contributed by atoms with E-state index in [4.69, 9.17) is 0 Å². The zero-order valence-corrected chi connectivity index (χ0v) is 12.6. The van der Waals surface area contributed by atoms with E-state index in [1.807, 2.05) is 6.92 Å². The van der Waals surface area contributed by atoms with Gasteiger partial charge in [-0.15, -0.1) is 0 Å². The second-order valence-electron chi connectivity index (χ2n) is 5.19. The molecule has 7 nitrogen and oxygen atoms in total. The Hall–Kier alpha value is -3.03. The second-order valence-corrected chi connectivity index (χ2v) is 5.19. The van der Waals surface area contributed by atoms with E-state index in [0.29, 0.717) is 17.1 Å². The van der Waals surface area contributed by atoms with E-state index >= 15 is 0 Å². The van der Waals surface area contributed by atoms with E-state index in [9.17, 15) is 9.18 Å². The molecule has 0 bridgehead atoms. The van der Waals surface area contributed by atoms with Gasteiger partial charge in [-0.2, -0.15) is 10.2 Å². The van der Waals surface area contributed by atoms with Gasteiger partial charge in [0.25, 0.3) is 0 Å². The minimum absolute atomic E-state index is 0.293. The van der Waals surface area contributed by atoms with Crippen molar-refractivity contribution in [2.75, 3.05) is 5.32 Å². The first-order valence-corrected chi connectivity index (χ1v) is 7.01. The van der Waals surface area contributed by atoms with Gasteiger partial charge in [0, 0.05) is 11.6 Å². The number of aromatic amines is 1. The van der Waals surface area contributed by atoms with Crippen LogP contribution in [-0.4, -0.2) is 30.9 Å². The van der Waals surface area contributed by atoms with Crippen molar-refractivity contribution in [3.05, 3.63) is 48.3 Å². The Bertz CT molecular complexity index is 826. The molecule has 2 heterocycles. The molecule has 23 heavy (non-hydrogen) atoms. The fourth-order valence-electron chi connectivity index (χ4n) is 2.14. The van der Waals surface area contributed by atoms with Gasteiger partial charge in [0.2, 0.25) is 5.91 Å². The Morgan fingerprint density at radius 2 is 2.22 bits per heavy atom. The monoisotopic (exact) mass is 314 g/mol. The summed E-state index contributed by atoms with van der Waals surface area (Å²) in [5.41, 5.74) is 1.83. The van der Waals surface area contributed by atoms with Crippen molar-refractivity contribution >= 4 is 11.7 Å². The minimum atomic E-state index is -0.534. The molecule has 3 aromatic rings. The first-order valence-electron chi connectivity index (χ1n) is 7.01. The zero-order valence-electron chi connectivity index (χ0n) is 12.6. The SMILES string of the molecule is Cc1ccc(F)c(-c2cc(NC(=O)C(C)n3cncn3)n[nH]2)c1. The molecule has 0 saturated heterocycles. The normalized spacial score (nSPS) is 12.1. The second kappa shape index (κ2) is 5.99. The van der Waals surface area contributed by atoms with E-state index in [-0.39, 0.29) is 11.7 Å². The zero-order chi connectivity index (χ0) is 16.4. The Morgan fingerprint density at radius 3 is 2.96 bits per heavy atom. The number of carbonyl (C=O) groups is 1. The summed E-state index contributed by atoms with van der Waals surface area (Å²) in [7, 11) is 0. The number of anilines is 1. The van der Waals surface area contributed by atoms with Crippen LogP contribution in [0.4, 0.5) is 10.2 Å². The van der Waals surface area contributed by atoms with Crippen molar-refractivity contribution in [1.82, 2.24) is 25.0 Å². The number of hydrogen-bond acceptors (Lipinski definition) is 4. The van der Waals surface area contributed by atoms with Crippen LogP contribution in [0, 0.1) is 12.7 Å². The van der Waals surface area contributed by atoms with Crippen molar-refractivity contribution in [3.8, 4) is 11.3 Å². The maximum Gasteiger partial charge on any atom is 0.250 e. The molecule has 1 unspecified atom stereocenters. The molecule has 1 aromatic carbocycles. The number of aromatic nitrogens is 5. The largest absolute Gasteiger partial charge is 0.307 e. The highest BCUT2D eigenvalue weighted by molar-refractivity contribution is 5.93. The third-order valence-electron chi connectivity index (χ3n) is 3.45. The molecule has 0 spiro atoms. The predicted octanol–water partition coefficient (Wildman–Crippen LogP) is 2.32. The molecule has 8 heteroatoms. The molecule has 0 aliphatic rings. The number of carbonyl (C=O) groups excluding carboxylic acids is 1. The van der Waals surface area contributed by atoms with E-state index in [1.165, 1.54) is 23.4 Å². The lowest BCUT2D eigenvalue weighted by molar-refractivity contribution is -0.119. The van der Waals surface area contributed by atoms with Gasteiger partial charge in [-0.3, -0.25) is 9.89 Å². The average molecular weight is 314 g/mol. The highest BCUT2D eigenvalue weighted by atomic mass is 19.1. The van der Waals surface area contributed by atoms with Crippen LogP contribution in [0.3, 0.4) is 0 Å². The lowest BCUT2D eigenvalue weighted by atomic mass is 10.1. The van der Waals surface area contributed by atoms with Crippen molar-refractivity contribution in [2.45, 2.75) is 19.9 Å². The number of benzene rings is 1. The molecule has 0 aliphatic heterocycles. The number of rotatable bonds is 4. The fraction of sp³-hybridized carbons (Fsp3) is 0.200. The van der Waals surface area contributed by atoms with Crippen molar-refractivity contribution in [2.24, 2.45) is 0 Å². The number of halogens is 1. The molecular formula is C15H15FN6O. The van der Waals surface area contributed by atoms with Crippen molar-refractivity contribution in [1.29, 1.82) is 0 Å². The maximum atomic E-state index is 13.9. The van der Waals surface area contributed by atoms with Crippen molar-refractivity contribution in [3.63, 3.8) is 0 Å². The number of H-pyrrole nitrogens is 1. The van der Waals surface area contributed by atoms with Crippen LogP contribution in [0.15, 0.2) is 36.9 Å². The summed E-state index contributed by atoms with van der Waals surface area (Å²) in [5, 5.41) is 13.3. The predicted molar refractivity (Wildman–Crippen MR) is 82.1 cm³/mol. The highest BCUT2D eigenvalue weighted by Crippen LogP contribution is 2.24. The van der Waals surface area contributed by atoms with Gasteiger partial charge in [-0.05, 0) is 26.0 Å². The quantitative estimate of drug-likeness (QED) is 0.773. The molecule has 0 radical (unpaired) electrons. The Balaban J connectivity index is 1.77.